The Morgan fingerprint density at radius 3 is 2.64 bits per heavy atom. The lowest BCUT2D eigenvalue weighted by atomic mass is 10.1. The monoisotopic (exact) mass is 224 g/mol. The zero-order valence-corrected chi connectivity index (χ0v) is 9.49. The Hall–Kier alpha value is -0.680. The molecule has 0 saturated carbocycles. The maximum absolute atomic E-state index is 5.59. The van der Waals surface area contributed by atoms with Crippen LogP contribution in [0.1, 0.15) is 21.4 Å². The van der Waals surface area contributed by atoms with Gasteiger partial charge in [-0.15, -0.1) is 22.7 Å². The van der Waals surface area contributed by atoms with Gasteiger partial charge >= 0.3 is 0 Å². The van der Waals surface area contributed by atoms with E-state index in [1.165, 1.54) is 15.3 Å². The molecule has 2 aromatic heterocycles. The van der Waals surface area contributed by atoms with E-state index in [0.717, 1.165) is 0 Å². The molecule has 2 aromatic rings. The fraction of sp³-hybridized carbons (Fsp3) is 0.200. The number of nitrogens with one attached hydrogen (secondary N) is 1. The van der Waals surface area contributed by atoms with Gasteiger partial charge < -0.3 is 0 Å². The molecule has 0 fully saturated rings. The van der Waals surface area contributed by atoms with Crippen molar-refractivity contribution in [3.05, 3.63) is 44.3 Å². The van der Waals surface area contributed by atoms with E-state index in [4.69, 9.17) is 5.84 Å². The molecule has 4 heteroatoms. The molecular formula is C10H12N2S2. The zero-order chi connectivity index (χ0) is 9.97. The van der Waals surface area contributed by atoms with Crippen LogP contribution in [0.25, 0.3) is 0 Å². The summed E-state index contributed by atoms with van der Waals surface area (Å²) in [7, 11) is 0. The topological polar surface area (TPSA) is 38.0 Å². The van der Waals surface area contributed by atoms with Crippen LogP contribution < -0.4 is 11.3 Å². The van der Waals surface area contributed by atoms with E-state index in [9.17, 15) is 0 Å². The van der Waals surface area contributed by atoms with Gasteiger partial charge in [0.25, 0.3) is 0 Å². The van der Waals surface area contributed by atoms with Crippen molar-refractivity contribution in [2.75, 3.05) is 0 Å². The normalized spacial score (nSPS) is 13.0. The number of aryl methyl sites for hydroxylation is 1. The van der Waals surface area contributed by atoms with Gasteiger partial charge in [-0.1, -0.05) is 6.07 Å². The first-order chi connectivity index (χ1) is 6.83. The summed E-state index contributed by atoms with van der Waals surface area (Å²) >= 11 is 3.48. The van der Waals surface area contributed by atoms with E-state index in [1.54, 1.807) is 22.7 Å². The Balaban J connectivity index is 2.36. The first-order valence-corrected chi connectivity index (χ1v) is 6.12. The van der Waals surface area contributed by atoms with E-state index in [2.05, 4.69) is 35.2 Å². The lowest BCUT2D eigenvalue weighted by Gasteiger charge is -2.13. The van der Waals surface area contributed by atoms with Crippen LogP contribution in [-0.2, 0) is 0 Å². The van der Waals surface area contributed by atoms with Crippen molar-refractivity contribution in [2.24, 2.45) is 5.84 Å². The van der Waals surface area contributed by atoms with Crippen molar-refractivity contribution in [3.8, 4) is 0 Å². The molecule has 3 N–H and O–H groups in total. The average molecular weight is 224 g/mol. The molecule has 0 aromatic carbocycles. The van der Waals surface area contributed by atoms with E-state index in [0.29, 0.717) is 0 Å². The third-order valence-electron chi connectivity index (χ3n) is 2.20. The molecule has 0 amide bonds. The lowest BCUT2D eigenvalue weighted by molar-refractivity contribution is 0.646. The van der Waals surface area contributed by atoms with E-state index >= 15 is 0 Å². The van der Waals surface area contributed by atoms with Crippen LogP contribution in [0.4, 0.5) is 0 Å². The molecule has 74 valence electrons. The Morgan fingerprint density at radius 2 is 2.14 bits per heavy atom. The number of thiophene rings is 2. The second-order valence-corrected chi connectivity index (χ2v) is 5.15. The molecule has 0 bridgehead atoms. The van der Waals surface area contributed by atoms with Gasteiger partial charge in [0.1, 0.15) is 0 Å². The molecule has 0 aliphatic carbocycles. The first kappa shape index (κ1) is 9.86. The smallest absolute Gasteiger partial charge is 0.0813 e. The summed E-state index contributed by atoms with van der Waals surface area (Å²) in [6.07, 6.45) is 0. The highest BCUT2D eigenvalue weighted by atomic mass is 32.1. The van der Waals surface area contributed by atoms with Crippen molar-refractivity contribution >= 4 is 22.7 Å². The fourth-order valence-electron chi connectivity index (χ4n) is 1.47. The van der Waals surface area contributed by atoms with Crippen molar-refractivity contribution in [3.63, 3.8) is 0 Å². The van der Waals surface area contributed by atoms with Gasteiger partial charge in [0.2, 0.25) is 0 Å². The molecule has 0 spiro atoms. The molecule has 1 atom stereocenters. The van der Waals surface area contributed by atoms with E-state index in [-0.39, 0.29) is 6.04 Å². The van der Waals surface area contributed by atoms with Crippen molar-refractivity contribution < 1.29 is 0 Å². The average Bonchev–Trinajstić information content (AvgIpc) is 2.80. The summed E-state index contributed by atoms with van der Waals surface area (Å²) < 4.78 is 0. The molecule has 2 nitrogen and oxygen atoms in total. The SMILES string of the molecule is Cc1sccc1C(NN)c1cccs1. The second-order valence-electron chi connectivity index (χ2n) is 3.05. The van der Waals surface area contributed by atoms with Crippen LogP contribution in [-0.4, -0.2) is 0 Å². The molecule has 0 radical (unpaired) electrons. The summed E-state index contributed by atoms with van der Waals surface area (Å²) in [6, 6.07) is 6.42. The summed E-state index contributed by atoms with van der Waals surface area (Å²) in [5.74, 6) is 5.59. The van der Waals surface area contributed by atoms with Crippen molar-refractivity contribution in [2.45, 2.75) is 13.0 Å². The number of hydrazine groups is 1. The van der Waals surface area contributed by atoms with Crippen LogP contribution in [0.2, 0.25) is 0 Å². The third-order valence-corrected chi connectivity index (χ3v) is 4.00. The predicted octanol–water partition coefficient (Wildman–Crippen LogP) is 2.67. The highest BCUT2D eigenvalue weighted by Gasteiger charge is 2.15. The molecule has 2 heterocycles. The highest BCUT2D eigenvalue weighted by Crippen LogP contribution is 2.29. The first-order valence-electron chi connectivity index (χ1n) is 4.36. The Morgan fingerprint density at radius 1 is 1.29 bits per heavy atom. The number of hydrogen-bond donors (Lipinski definition) is 2. The fourth-order valence-corrected chi connectivity index (χ4v) is 3.02. The zero-order valence-electron chi connectivity index (χ0n) is 7.86. The maximum atomic E-state index is 5.59. The highest BCUT2D eigenvalue weighted by molar-refractivity contribution is 7.10. The van der Waals surface area contributed by atoms with Crippen LogP contribution >= 0.6 is 22.7 Å². The lowest BCUT2D eigenvalue weighted by Crippen LogP contribution is -2.28. The summed E-state index contributed by atoms with van der Waals surface area (Å²) in [4.78, 5) is 2.58. The van der Waals surface area contributed by atoms with Gasteiger partial charge in [0.05, 0.1) is 6.04 Å². The minimum Gasteiger partial charge on any atom is -0.271 e. The Labute approximate surface area is 91.4 Å². The van der Waals surface area contributed by atoms with Gasteiger partial charge in [-0.2, -0.15) is 0 Å². The molecule has 0 aliphatic heterocycles. The van der Waals surface area contributed by atoms with Crippen LogP contribution in [0.15, 0.2) is 29.0 Å². The quantitative estimate of drug-likeness (QED) is 0.621. The second kappa shape index (κ2) is 4.23. The maximum Gasteiger partial charge on any atom is 0.0813 e. The number of hydrogen-bond acceptors (Lipinski definition) is 4. The van der Waals surface area contributed by atoms with Crippen molar-refractivity contribution in [1.29, 1.82) is 0 Å². The van der Waals surface area contributed by atoms with Crippen molar-refractivity contribution in [1.82, 2.24) is 5.43 Å². The molecule has 14 heavy (non-hydrogen) atoms. The third kappa shape index (κ3) is 1.74. The number of nitrogens with two attached hydrogens (primary N) is 1. The van der Waals surface area contributed by atoms with Gasteiger partial charge in [0.15, 0.2) is 0 Å². The summed E-state index contributed by atoms with van der Waals surface area (Å²) in [5.41, 5.74) is 4.14. The molecule has 0 aliphatic rings. The summed E-state index contributed by atoms with van der Waals surface area (Å²) in [5, 5.41) is 4.17. The Kier molecular flexibility index (Phi) is 2.98. The van der Waals surface area contributed by atoms with Crippen LogP contribution in [0, 0.1) is 6.92 Å². The minimum atomic E-state index is 0.140. The Bertz CT molecular complexity index is 392. The van der Waals surface area contributed by atoms with E-state index < -0.39 is 0 Å². The van der Waals surface area contributed by atoms with Gasteiger partial charge in [-0.3, -0.25) is 5.84 Å². The summed E-state index contributed by atoms with van der Waals surface area (Å²) in [6.45, 7) is 2.12. The van der Waals surface area contributed by atoms with Gasteiger partial charge in [-0.25, -0.2) is 5.43 Å². The predicted molar refractivity (Wildman–Crippen MR) is 62.5 cm³/mol. The molecule has 0 saturated heterocycles. The van der Waals surface area contributed by atoms with Gasteiger partial charge in [0, 0.05) is 9.75 Å². The largest absolute Gasteiger partial charge is 0.271 e. The van der Waals surface area contributed by atoms with Crippen LogP contribution in [0.3, 0.4) is 0 Å². The van der Waals surface area contributed by atoms with Crippen LogP contribution in [0.5, 0.6) is 0 Å². The standard InChI is InChI=1S/C10H12N2S2/c1-7-8(4-6-13-7)10(12-11)9-3-2-5-14-9/h2-6,10,12H,11H2,1H3. The number of rotatable bonds is 3. The van der Waals surface area contributed by atoms with Gasteiger partial charge in [-0.05, 0) is 35.4 Å². The molecule has 2 rings (SSSR count). The molecular weight excluding hydrogens is 212 g/mol. The molecule has 1 unspecified atom stereocenters. The minimum absolute atomic E-state index is 0.140. The van der Waals surface area contributed by atoms with E-state index in [1.807, 2.05) is 6.07 Å².